The van der Waals surface area contributed by atoms with Crippen LogP contribution in [0.25, 0.3) is 10.9 Å². The van der Waals surface area contributed by atoms with Crippen molar-refractivity contribution in [3.05, 3.63) is 54.1 Å². The van der Waals surface area contributed by atoms with Crippen molar-refractivity contribution in [1.82, 2.24) is 4.98 Å². The van der Waals surface area contributed by atoms with Crippen molar-refractivity contribution in [2.24, 2.45) is 0 Å². The summed E-state index contributed by atoms with van der Waals surface area (Å²) in [6, 6.07) is 16.2. The minimum atomic E-state index is 0. The van der Waals surface area contributed by atoms with E-state index in [2.05, 4.69) is 17.0 Å². The highest BCUT2D eigenvalue weighted by atomic mass is 35.5. The van der Waals surface area contributed by atoms with E-state index < -0.39 is 0 Å². The van der Waals surface area contributed by atoms with Gasteiger partial charge in [0.2, 0.25) is 0 Å². The van der Waals surface area contributed by atoms with Crippen molar-refractivity contribution in [2.75, 3.05) is 23.8 Å². The number of pyridine rings is 1. The fourth-order valence-corrected chi connectivity index (χ4v) is 3.20. The number of aromatic nitrogens is 1. The summed E-state index contributed by atoms with van der Waals surface area (Å²) in [5, 5.41) is 1.04. The molecular formula is C19H20ClN3O. The number of nitrogens with zero attached hydrogens (tertiary/aromatic N) is 2. The zero-order valence-corrected chi connectivity index (χ0v) is 14.3. The first-order valence-electron chi connectivity index (χ1n) is 7.95. The Morgan fingerprint density at radius 1 is 1.12 bits per heavy atom. The first-order chi connectivity index (χ1) is 11.3. The summed E-state index contributed by atoms with van der Waals surface area (Å²) in [4.78, 5) is 7.08. The average molecular weight is 342 g/mol. The normalized spacial score (nSPS) is 12.8. The Kier molecular flexibility index (Phi) is 4.49. The molecule has 0 amide bonds. The average Bonchev–Trinajstić information content (AvgIpc) is 3.00. The number of benzene rings is 2. The number of fused-ring (bicyclic) bond motifs is 2. The number of anilines is 3. The minimum absolute atomic E-state index is 0. The number of rotatable bonds is 3. The van der Waals surface area contributed by atoms with Gasteiger partial charge in [0.1, 0.15) is 11.6 Å². The molecule has 1 aliphatic rings. The summed E-state index contributed by atoms with van der Waals surface area (Å²) in [5.41, 5.74) is 10.5. The Morgan fingerprint density at radius 3 is 2.62 bits per heavy atom. The molecule has 1 aliphatic heterocycles. The molecular weight excluding hydrogens is 322 g/mol. The van der Waals surface area contributed by atoms with Crippen LogP contribution in [-0.2, 0) is 6.42 Å². The predicted molar refractivity (Wildman–Crippen MR) is 102 cm³/mol. The van der Waals surface area contributed by atoms with Crippen LogP contribution in [0.5, 0.6) is 5.75 Å². The third-order valence-electron chi connectivity index (χ3n) is 4.32. The minimum Gasteiger partial charge on any atom is -0.494 e. The van der Waals surface area contributed by atoms with E-state index in [-0.39, 0.29) is 12.4 Å². The monoisotopic (exact) mass is 341 g/mol. The quantitative estimate of drug-likeness (QED) is 0.770. The van der Waals surface area contributed by atoms with Gasteiger partial charge in [-0.05, 0) is 43.7 Å². The molecule has 2 heterocycles. The highest BCUT2D eigenvalue weighted by Gasteiger charge is 2.25. The van der Waals surface area contributed by atoms with Crippen LogP contribution in [0.2, 0.25) is 0 Å². The summed E-state index contributed by atoms with van der Waals surface area (Å²) in [6.07, 6.45) is 0.923. The van der Waals surface area contributed by atoms with E-state index >= 15 is 0 Å². The molecule has 0 spiro atoms. The molecule has 24 heavy (non-hydrogen) atoms. The Bertz CT molecular complexity index is 864. The van der Waals surface area contributed by atoms with Crippen molar-refractivity contribution in [1.29, 1.82) is 0 Å². The van der Waals surface area contributed by atoms with Crippen molar-refractivity contribution >= 4 is 40.5 Å². The van der Waals surface area contributed by atoms with Gasteiger partial charge in [-0.15, -0.1) is 12.4 Å². The van der Waals surface area contributed by atoms with Crippen molar-refractivity contribution in [3.8, 4) is 5.75 Å². The number of ether oxygens (including phenoxy) is 1. The van der Waals surface area contributed by atoms with Gasteiger partial charge < -0.3 is 15.4 Å². The van der Waals surface area contributed by atoms with Gasteiger partial charge in [-0.3, -0.25) is 0 Å². The molecule has 1 aromatic heterocycles. The van der Waals surface area contributed by atoms with E-state index in [0.717, 1.165) is 52.4 Å². The van der Waals surface area contributed by atoms with Crippen molar-refractivity contribution in [2.45, 2.75) is 13.3 Å². The van der Waals surface area contributed by atoms with Crippen LogP contribution in [0.15, 0.2) is 48.5 Å². The van der Waals surface area contributed by atoms with E-state index in [4.69, 9.17) is 15.5 Å². The number of hydrogen-bond acceptors (Lipinski definition) is 4. The van der Waals surface area contributed by atoms with E-state index in [1.807, 2.05) is 43.3 Å². The fraction of sp³-hybridized carbons (Fsp3) is 0.211. The molecule has 0 saturated carbocycles. The standard InChI is InChI=1S/C19H19N3O.ClH/c1-2-23-14-9-7-13(8-10-14)22-12-11-16-18(20)15-5-3-4-6-17(15)21-19(16)22;/h3-10H,2,11-12H2,1H3,(H2,20,21);1H. The number of hydrogen-bond donors (Lipinski definition) is 1. The van der Waals surface area contributed by atoms with Crippen LogP contribution in [0.4, 0.5) is 17.2 Å². The maximum atomic E-state index is 6.39. The van der Waals surface area contributed by atoms with E-state index in [1.165, 1.54) is 0 Å². The molecule has 0 bridgehead atoms. The highest BCUT2D eigenvalue weighted by Crippen LogP contribution is 2.39. The molecule has 3 aromatic rings. The van der Waals surface area contributed by atoms with Gasteiger partial charge in [0, 0.05) is 28.9 Å². The molecule has 0 unspecified atom stereocenters. The maximum absolute atomic E-state index is 6.39. The van der Waals surface area contributed by atoms with Gasteiger partial charge in [-0.1, -0.05) is 18.2 Å². The number of nitrogen functional groups attached to an aromatic ring is 1. The molecule has 124 valence electrons. The van der Waals surface area contributed by atoms with E-state index in [9.17, 15) is 0 Å². The predicted octanol–water partition coefficient (Wildman–Crippen LogP) is 4.33. The molecule has 0 saturated heterocycles. The second-order valence-corrected chi connectivity index (χ2v) is 5.67. The SMILES string of the molecule is CCOc1ccc(N2CCc3c2nc2ccccc2c3N)cc1.Cl. The van der Waals surface area contributed by atoms with Crippen LogP contribution in [0.1, 0.15) is 12.5 Å². The molecule has 2 aromatic carbocycles. The Hall–Kier alpha value is -2.46. The van der Waals surface area contributed by atoms with E-state index in [1.54, 1.807) is 0 Å². The molecule has 4 rings (SSSR count). The number of nitrogens with two attached hydrogens (primary N) is 1. The van der Waals surface area contributed by atoms with Crippen LogP contribution >= 0.6 is 12.4 Å². The largest absolute Gasteiger partial charge is 0.494 e. The summed E-state index contributed by atoms with van der Waals surface area (Å²) < 4.78 is 5.52. The van der Waals surface area contributed by atoms with Crippen molar-refractivity contribution < 1.29 is 4.74 Å². The molecule has 2 N–H and O–H groups in total. The molecule has 5 heteroatoms. The molecule has 0 radical (unpaired) electrons. The topological polar surface area (TPSA) is 51.4 Å². The lowest BCUT2D eigenvalue weighted by atomic mass is 10.1. The lowest BCUT2D eigenvalue weighted by Crippen LogP contribution is -2.14. The fourth-order valence-electron chi connectivity index (χ4n) is 3.20. The number of para-hydroxylation sites is 1. The molecule has 0 atom stereocenters. The summed E-state index contributed by atoms with van der Waals surface area (Å²) in [5.74, 6) is 1.87. The Morgan fingerprint density at radius 2 is 1.88 bits per heavy atom. The Labute approximate surface area is 147 Å². The zero-order valence-electron chi connectivity index (χ0n) is 13.5. The molecule has 0 fully saturated rings. The Balaban J connectivity index is 0.00000169. The van der Waals surface area contributed by atoms with Crippen LogP contribution in [-0.4, -0.2) is 18.1 Å². The summed E-state index contributed by atoms with van der Waals surface area (Å²) >= 11 is 0. The third-order valence-corrected chi connectivity index (χ3v) is 4.32. The van der Waals surface area contributed by atoms with Gasteiger partial charge in [0.15, 0.2) is 0 Å². The smallest absolute Gasteiger partial charge is 0.139 e. The van der Waals surface area contributed by atoms with Gasteiger partial charge in [-0.2, -0.15) is 0 Å². The van der Waals surface area contributed by atoms with Crippen LogP contribution in [0.3, 0.4) is 0 Å². The maximum Gasteiger partial charge on any atom is 0.139 e. The van der Waals surface area contributed by atoms with Crippen molar-refractivity contribution in [3.63, 3.8) is 0 Å². The van der Waals surface area contributed by atoms with Gasteiger partial charge in [-0.25, -0.2) is 4.98 Å². The summed E-state index contributed by atoms with van der Waals surface area (Å²) in [7, 11) is 0. The highest BCUT2D eigenvalue weighted by molar-refractivity contribution is 5.95. The lowest BCUT2D eigenvalue weighted by Gasteiger charge is -2.19. The lowest BCUT2D eigenvalue weighted by molar-refractivity contribution is 0.340. The van der Waals surface area contributed by atoms with Crippen LogP contribution < -0.4 is 15.4 Å². The van der Waals surface area contributed by atoms with Gasteiger partial charge in [0.25, 0.3) is 0 Å². The second-order valence-electron chi connectivity index (χ2n) is 5.67. The summed E-state index contributed by atoms with van der Waals surface area (Å²) in [6.45, 7) is 3.56. The van der Waals surface area contributed by atoms with Gasteiger partial charge >= 0.3 is 0 Å². The number of halogens is 1. The molecule has 4 nitrogen and oxygen atoms in total. The zero-order chi connectivity index (χ0) is 15.8. The first kappa shape index (κ1) is 16.4. The third kappa shape index (κ3) is 2.63. The van der Waals surface area contributed by atoms with Gasteiger partial charge in [0.05, 0.1) is 12.1 Å². The molecule has 0 aliphatic carbocycles. The first-order valence-corrected chi connectivity index (χ1v) is 7.95. The van der Waals surface area contributed by atoms with Crippen LogP contribution in [0, 0.1) is 0 Å². The second kappa shape index (κ2) is 6.57. The van der Waals surface area contributed by atoms with E-state index in [0.29, 0.717) is 6.61 Å².